The van der Waals surface area contributed by atoms with Gasteiger partial charge in [0.15, 0.2) is 5.82 Å². The van der Waals surface area contributed by atoms with Gasteiger partial charge >= 0.3 is 6.09 Å². The summed E-state index contributed by atoms with van der Waals surface area (Å²) >= 11 is 6.34. The van der Waals surface area contributed by atoms with Gasteiger partial charge in [-0.2, -0.15) is 0 Å². The predicted molar refractivity (Wildman–Crippen MR) is 132 cm³/mol. The molecule has 1 aliphatic carbocycles. The monoisotopic (exact) mass is 495 g/mol. The summed E-state index contributed by atoms with van der Waals surface area (Å²) in [5.74, 6) is 2.56. The van der Waals surface area contributed by atoms with E-state index >= 15 is 0 Å². The molecule has 35 heavy (non-hydrogen) atoms. The number of fused-ring (bicyclic) bond motifs is 3. The largest absolute Gasteiger partial charge is 0.474 e. The molecule has 3 aromatic rings. The third kappa shape index (κ3) is 5.27. The molecule has 184 valence electrons. The number of aromatic nitrogens is 4. The van der Waals surface area contributed by atoms with E-state index in [2.05, 4.69) is 19.7 Å². The summed E-state index contributed by atoms with van der Waals surface area (Å²) in [6.45, 7) is 6.29. The number of halogens is 1. The minimum Gasteiger partial charge on any atom is -0.474 e. The summed E-state index contributed by atoms with van der Waals surface area (Å²) < 4.78 is 13.8. The Kier molecular flexibility index (Phi) is 6.40. The number of rotatable bonds is 3. The highest BCUT2D eigenvalue weighted by Gasteiger charge is 2.33. The molecule has 5 rings (SSSR count). The number of pyridine rings is 1. The van der Waals surface area contributed by atoms with Crippen LogP contribution in [0, 0.1) is 0 Å². The van der Waals surface area contributed by atoms with E-state index in [4.69, 9.17) is 21.1 Å². The second-order valence-electron chi connectivity index (χ2n) is 10.2. The van der Waals surface area contributed by atoms with E-state index in [9.17, 15) is 4.79 Å². The van der Waals surface area contributed by atoms with Crippen molar-refractivity contribution in [2.24, 2.45) is 0 Å². The molecule has 1 saturated carbocycles. The van der Waals surface area contributed by atoms with Crippen LogP contribution >= 0.6 is 11.6 Å². The van der Waals surface area contributed by atoms with Crippen LogP contribution in [-0.4, -0.2) is 42.4 Å². The summed E-state index contributed by atoms with van der Waals surface area (Å²) in [5, 5.41) is 9.75. The van der Waals surface area contributed by atoms with Gasteiger partial charge in [-0.3, -0.25) is 9.47 Å². The summed E-state index contributed by atoms with van der Waals surface area (Å²) in [6, 6.07) is 11.5. The number of hydrogen-bond acceptors (Lipinski definition) is 6. The maximum Gasteiger partial charge on any atom is 0.411 e. The molecule has 2 aliphatic rings. The number of benzene rings is 1. The fourth-order valence-corrected chi connectivity index (χ4v) is 4.97. The van der Waals surface area contributed by atoms with Crippen LogP contribution in [0.2, 0.25) is 5.02 Å². The normalized spacial score (nSPS) is 19.9. The van der Waals surface area contributed by atoms with Crippen LogP contribution < -0.4 is 4.74 Å². The average Bonchev–Trinajstić information content (AvgIpc) is 3.15. The summed E-state index contributed by atoms with van der Waals surface area (Å²) in [4.78, 5) is 18.9. The smallest absolute Gasteiger partial charge is 0.411 e. The predicted octanol–water partition coefficient (Wildman–Crippen LogP) is 5.67. The fraction of sp³-hybridized carbons (Fsp3) is 0.462. The lowest BCUT2D eigenvalue weighted by molar-refractivity contribution is 0.0214. The molecule has 9 heteroatoms. The second-order valence-corrected chi connectivity index (χ2v) is 10.6. The van der Waals surface area contributed by atoms with Crippen molar-refractivity contribution in [1.82, 2.24) is 24.6 Å². The zero-order chi connectivity index (χ0) is 24.6. The minimum absolute atomic E-state index is 0.140. The van der Waals surface area contributed by atoms with E-state index in [0.717, 1.165) is 48.6 Å². The number of carbonyl (C=O) groups is 1. The van der Waals surface area contributed by atoms with E-state index in [1.807, 2.05) is 57.2 Å². The third-order valence-corrected chi connectivity index (χ3v) is 6.58. The van der Waals surface area contributed by atoms with Crippen LogP contribution in [-0.2, 0) is 17.8 Å². The first-order valence-corrected chi connectivity index (χ1v) is 12.4. The van der Waals surface area contributed by atoms with Gasteiger partial charge in [0.25, 0.3) is 0 Å². The third-order valence-electron chi connectivity index (χ3n) is 6.35. The first-order chi connectivity index (χ1) is 16.8. The molecule has 2 aromatic heterocycles. The summed E-state index contributed by atoms with van der Waals surface area (Å²) in [5.41, 5.74) is 1.31. The molecule has 8 nitrogen and oxygen atoms in total. The van der Waals surface area contributed by atoms with Crippen LogP contribution in [0.4, 0.5) is 4.79 Å². The Hall–Kier alpha value is -3.13. The Morgan fingerprint density at radius 3 is 2.57 bits per heavy atom. The van der Waals surface area contributed by atoms with Crippen LogP contribution in [0.5, 0.6) is 5.88 Å². The number of ether oxygens (including phenoxy) is 2. The number of nitrogens with zero attached hydrogens (tertiary/aromatic N) is 5. The quantitative estimate of drug-likeness (QED) is 0.465. The SMILES string of the molecule is CC(C)(C)OC(=O)N1Cc2cc(Cl)ccc2-n2c(nnc2[C@H]2CC[C@@H](Oc3ccccn3)CC2)C1. The first-order valence-electron chi connectivity index (χ1n) is 12.1. The van der Waals surface area contributed by atoms with Crippen molar-refractivity contribution < 1.29 is 14.3 Å². The lowest BCUT2D eigenvalue weighted by Crippen LogP contribution is -2.35. The van der Waals surface area contributed by atoms with Crippen LogP contribution in [0.3, 0.4) is 0 Å². The maximum absolute atomic E-state index is 13.0. The highest BCUT2D eigenvalue weighted by molar-refractivity contribution is 6.30. The van der Waals surface area contributed by atoms with Crippen molar-refractivity contribution in [1.29, 1.82) is 0 Å². The van der Waals surface area contributed by atoms with Gasteiger partial charge in [0.2, 0.25) is 5.88 Å². The van der Waals surface area contributed by atoms with Gasteiger partial charge in [-0.25, -0.2) is 9.78 Å². The van der Waals surface area contributed by atoms with Crippen molar-refractivity contribution in [3.8, 4) is 11.6 Å². The Balaban J connectivity index is 1.40. The van der Waals surface area contributed by atoms with Gasteiger partial charge in [-0.1, -0.05) is 17.7 Å². The standard InChI is InChI=1S/C26H30ClN5O3/c1-26(2,3)35-25(33)31-15-18-14-19(27)9-12-21(18)32-22(16-31)29-30-24(32)17-7-10-20(11-8-17)34-23-6-4-5-13-28-23/h4-6,9,12-14,17,20H,7-8,10-11,15-16H2,1-3H3/t17-,20+. The molecule has 0 radical (unpaired) electrons. The summed E-state index contributed by atoms with van der Waals surface area (Å²) in [6.07, 6.45) is 5.22. The Bertz CT molecular complexity index is 1200. The van der Waals surface area contributed by atoms with E-state index in [1.54, 1.807) is 11.1 Å². The van der Waals surface area contributed by atoms with Crippen LogP contribution in [0.25, 0.3) is 5.69 Å². The van der Waals surface area contributed by atoms with E-state index in [0.29, 0.717) is 24.0 Å². The average molecular weight is 496 g/mol. The van der Waals surface area contributed by atoms with Crippen molar-refractivity contribution in [2.75, 3.05) is 0 Å². The lowest BCUT2D eigenvalue weighted by Gasteiger charge is -2.28. The molecule has 0 spiro atoms. The molecule has 0 atom stereocenters. The van der Waals surface area contributed by atoms with Crippen molar-refractivity contribution >= 4 is 17.7 Å². The zero-order valence-electron chi connectivity index (χ0n) is 20.3. The van der Waals surface area contributed by atoms with E-state index < -0.39 is 5.60 Å². The summed E-state index contributed by atoms with van der Waals surface area (Å²) in [7, 11) is 0. The highest BCUT2D eigenvalue weighted by Crippen LogP contribution is 2.37. The van der Waals surface area contributed by atoms with Gasteiger partial charge in [0.1, 0.15) is 17.5 Å². The first kappa shape index (κ1) is 23.6. The second kappa shape index (κ2) is 9.49. The molecule has 1 amide bonds. The van der Waals surface area contributed by atoms with Gasteiger partial charge in [0.05, 0.1) is 18.8 Å². The van der Waals surface area contributed by atoms with E-state index in [-0.39, 0.29) is 18.1 Å². The van der Waals surface area contributed by atoms with Crippen molar-refractivity contribution in [3.05, 3.63) is 64.8 Å². The van der Waals surface area contributed by atoms with Crippen molar-refractivity contribution in [2.45, 2.75) is 77.2 Å². The van der Waals surface area contributed by atoms with Crippen molar-refractivity contribution in [3.63, 3.8) is 0 Å². The van der Waals surface area contributed by atoms with Gasteiger partial charge in [-0.05, 0) is 76.3 Å². The highest BCUT2D eigenvalue weighted by atomic mass is 35.5. The molecule has 0 N–H and O–H groups in total. The molecule has 0 unspecified atom stereocenters. The molecular weight excluding hydrogens is 466 g/mol. The Morgan fingerprint density at radius 2 is 1.86 bits per heavy atom. The van der Waals surface area contributed by atoms with Gasteiger partial charge < -0.3 is 9.47 Å². The topological polar surface area (TPSA) is 82.4 Å². The molecule has 0 saturated heterocycles. The van der Waals surface area contributed by atoms with Gasteiger partial charge in [-0.15, -0.1) is 10.2 Å². The van der Waals surface area contributed by atoms with E-state index in [1.165, 1.54) is 0 Å². The minimum atomic E-state index is -0.588. The lowest BCUT2D eigenvalue weighted by atomic mass is 9.86. The molecule has 0 bridgehead atoms. The molecule has 3 heterocycles. The number of carbonyl (C=O) groups excluding carboxylic acids is 1. The molecule has 1 aliphatic heterocycles. The molecular formula is C26H30ClN5O3. The molecule has 1 fully saturated rings. The maximum atomic E-state index is 13.0. The van der Waals surface area contributed by atoms with Crippen LogP contribution in [0.15, 0.2) is 42.6 Å². The Morgan fingerprint density at radius 1 is 1.06 bits per heavy atom. The fourth-order valence-electron chi connectivity index (χ4n) is 4.77. The Labute approximate surface area is 210 Å². The van der Waals surface area contributed by atoms with Crippen LogP contribution in [0.1, 0.15) is 69.6 Å². The van der Waals surface area contributed by atoms with Gasteiger partial charge in [0, 0.05) is 23.2 Å². The number of hydrogen-bond donors (Lipinski definition) is 0. The molecule has 1 aromatic carbocycles. The zero-order valence-corrected chi connectivity index (χ0v) is 21.0. The number of amides is 1.